The SMILES string of the molecule is COc1cc(N2CCN(C(C)C)CC2)ccc1Nc1nc(Nc2cc(Cl)cc(F)c2C(N)=O)c2cc[nH]c2n1. The number of rotatable bonds is 8. The summed E-state index contributed by atoms with van der Waals surface area (Å²) >= 11 is 6.05. The molecule has 0 aliphatic carbocycles. The van der Waals surface area contributed by atoms with E-state index in [9.17, 15) is 9.18 Å². The molecule has 5 rings (SSSR count). The van der Waals surface area contributed by atoms with Gasteiger partial charge in [0.05, 0.1) is 29.4 Å². The molecule has 0 radical (unpaired) electrons. The first-order valence-electron chi connectivity index (χ1n) is 12.6. The molecule has 204 valence electrons. The third-order valence-electron chi connectivity index (χ3n) is 6.81. The second-order valence-corrected chi connectivity index (χ2v) is 10.00. The second-order valence-electron chi connectivity index (χ2n) is 9.56. The number of nitrogens with one attached hydrogen (secondary N) is 3. The predicted octanol–water partition coefficient (Wildman–Crippen LogP) is 4.88. The Balaban J connectivity index is 1.43. The molecule has 1 fully saturated rings. The van der Waals surface area contributed by atoms with Crippen LogP contribution in [0.4, 0.5) is 33.2 Å². The Bertz CT molecular complexity index is 1520. The van der Waals surface area contributed by atoms with E-state index in [2.05, 4.69) is 49.2 Å². The maximum Gasteiger partial charge on any atom is 0.253 e. The monoisotopic (exact) mass is 552 g/mol. The zero-order chi connectivity index (χ0) is 27.7. The highest BCUT2D eigenvalue weighted by atomic mass is 35.5. The summed E-state index contributed by atoms with van der Waals surface area (Å²) in [7, 11) is 1.61. The van der Waals surface area contributed by atoms with Crippen molar-refractivity contribution in [2.75, 3.05) is 48.8 Å². The average Bonchev–Trinajstić information content (AvgIpc) is 3.37. The summed E-state index contributed by atoms with van der Waals surface area (Å²) in [5.41, 5.74) is 7.48. The Morgan fingerprint density at radius 1 is 1.10 bits per heavy atom. The lowest BCUT2D eigenvalue weighted by Gasteiger charge is -2.38. The first kappa shape index (κ1) is 26.5. The van der Waals surface area contributed by atoms with Gasteiger partial charge < -0.3 is 31.0 Å². The number of halogens is 2. The number of aromatic amines is 1. The third kappa shape index (κ3) is 5.55. The maximum absolute atomic E-state index is 14.5. The number of ether oxygens (including phenoxy) is 1. The number of benzene rings is 2. The van der Waals surface area contributed by atoms with Gasteiger partial charge in [0.25, 0.3) is 5.91 Å². The van der Waals surface area contributed by atoms with Crippen molar-refractivity contribution in [1.82, 2.24) is 19.9 Å². The van der Waals surface area contributed by atoms with Gasteiger partial charge in [-0.1, -0.05) is 11.6 Å². The van der Waals surface area contributed by atoms with Crippen molar-refractivity contribution in [1.29, 1.82) is 0 Å². The minimum Gasteiger partial charge on any atom is -0.494 e. The Kier molecular flexibility index (Phi) is 7.45. The van der Waals surface area contributed by atoms with Crippen LogP contribution >= 0.6 is 11.6 Å². The van der Waals surface area contributed by atoms with E-state index in [1.54, 1.807) is 19.4 Å². The van der Waals surface area contributed by atoms with E-state index in [0.29, 0.717) is 34.3 Å². The molecule has 1 aliphatic rings. The summed E-state index contributed by atoms with van der Waals surface area (Å²) in [6, 6.07) is 10.7. The van der Waals surface area contributed by atoms with Gasteiger partial charge in [0.15, 0.2) is 0 Å². The fourth-order valence-corrected chi connectivity index (χ4v) is 4.94. The van der Waals surface area contributed by atoms with Crippen LogP contribution in [0.1, 0.15) is 24.2 Å². The molecule has 10 nitrogen and oxygen atoms in total. The highest BCUT2D eigenvalue weighted by molar-refractivity contribution is 6.31. The molecule has 0 spiro atoms. The van der Waals surface area contributed by atoms with Crippen molar-refractivity contribution in [3.63, 3.8) is 0 Å². The molecular weight excluding hydrogens is 523 g/mol. The number of carbonyl (C=O) groups excluding carboxylic acids is 1. The molecule has 1 saturated heterocycles. The number of aromatic nitrogens is 3. The van der Waals surface area contributed by atoms with Crippen molar-refractivity contribution in [3.8, 4) is 5.75 Å². The normalized spacial score (nSPS) is 14.2. The molecule has 5 N–H and O–H groups in total. The van der Waals surface area contributed by atoms with Crippen molar-refractivity contribution in [2.45, 2.75) is 19.9 Å². The van der Waals surface area contributed by atoms with Crippen molar-refractivity contribution in [2.24, 2.45) is 5.73 Å². The van der Waals surface area contributed by atoms with Crippen molar-refractivity contribution >= 4 is 57.4 Å². The molecule has 2 aromatic heterocycles. The van der Waals surface area contributed by atoms with Gasteiger partial charge in [-0.15, -0.1) is 0 Å². The molecule has 0 bridgehead atoms. The number of nitrogens with zero attached hydrogens (tertiary/aromatic N) is 4. The molecule has 1 amide bonds. The van der Waals surface area contributed by atoms with Crippen LogP contribution in [-0.4, -0.2) is 65.1 Å². The minimum atomic E-state index is -0.931. The van der Waals surface area contributed by atoms with E-state index in [-0.39, 0.29) is 22.2 Å². The molecular formula is C27H30ClFN8O2. The zero-order valence-electron chi connectivity index (χ0n) is 21.9. The van der Waals surface area contributed by atoms with Gasteiger partial charge in [-0.05, 0) is 44.2 Å². The summed E-state index contributed by atoms with van der Waals surface area (Å²) < 4.78 is 20.2. The first-order chi connectivity index (χ1) is 18.7. The standard InChI is InChI=1S/C27H30ClFN8O2/c1-15(2)36-8-10-37(11-9-36)17-4-5-20(22(14-17)39-3)33-27-34-25-18(6-7-31-25)26(35-27)32-21-13-16(28)12-19(29)23(21)24(30)38/h4-7,12-15H,8-11H2,1-3H3,(H2,30,38)(H3,31,32,33,34,35). The van der Waals surface area contributed by atoms with Crippen molar-refractivity contribution < 1.29 is 13.9 Å². The lowest BCUT2D eigenvalue weighted by molar-refractivity contribution is 0.0997. The van der Waals surface area contributed by atoms with Crippen LogP contribution in [0, 0.1) is 5.82 Å². The Morgan fingerprint density at radius 2 is 1.87 bits per heavy atom. The van der Waals surface area contributed by atoms with Gasteiger partial charge in [0.1, 0.15) is 23.0 Å². The molecule has 1 aliphatic heterocycles. The molecule has 12 heteroatoms. The first-order valence-corrected chi connectivity index (χ1v) is 13.0. The van der Waals surface area contributed by atoms with Crippen LogP contribution in [0.15, 0.2) is 42.6 Å². The number of hydrogen-bond acceptors (Lipinski definition) is 8. The second kappa shape index (κ2) is 11.0. The topological polar surface area (TPSA) is 124 Å². The number of anilines is 5. The number of methoxy groups -OCH3 is 1. The number of primary amides is 1. The number of amides is 1. The van der Waals surface area contributed by atoms with Gasteiger partial charge in [0, 0.05) is 55.2 Å². The van der Waals surface area contributed by atoms with Gasteiger partial charge in [0.2, 0.25) is 5.95 Å². The number of hydrogen-bond donors (Lipinski definition) is 4. The molecule has 4 aromatic rings. The third-order valence-corrected chi connectivity index (χ3v) is 7.03. The lowest BCUT2D eigenvalue weighted by Crippen LogP contribution is -2.48. The number of carbonyl (C=O) groups is 1. The summed E-state index contributed by atoms with van der Waals surface area (Å²) in [6.07, 6.45) is 1.70. The van der Waals surface area contributed by atoms with Gasteiger partial charge in [-0.25, -0.2) is 4.39 Å². The zero-order valence-corrected chi connectivity index (χ0v) is 22.6. The average molecular weight is 553 g/mol. The summed E-state index contributed by atoms with van der Waals surface area (Å²) in [6.45, 7) is 8.33. The number of fused-ring (bicyclic) bond motifs is 1. The smallest absolute Gasteiger partial charge is 0.253 e. The largest absolute Gasteiger partial charge is 0.494 e. The van der Waals surface area contributed by atoms with Crippen LogP contribution in [0.5, 0.6) is 5.75 Å². The number of nitrogens with two attached hydrogens (primary N) is 1. The van der Waals surface area contributed by atoms with E-state index >= 15 is 0 Å². The van der Waals surface area contributed by atoms with E-state index in [1.807, 2.05) is 18.2 Å². The molecule has 2 aromatic carbocycles. The molecule has 3 heterocycles. The van der Waals surface area contributed by atoms with Gasteiger partial charge in [-0.2, -0.15) is 9.97 Å². The van der Waals surface area contributed by atoms with Crippen LogP contribution in [0.2, 0.25) is 5.02 Å². The van der Waals surface area contributed by atoms with E-state index in [0.717, 1.165) is 37.9 Å². The van der Waals surface area contributed by atoms with E-state index in [4.69, 9.17) is 22.1 Å². The fourth-order valence-electron chi connectivity index (χ4n) is 4.74. The van der Waals surface area contributed by atoms with Gasteiger partial charge in [-0.3, -0.25) is 9.69 Å². The molecule has 0 saturated carbocycles. The summed E-state index contributed by atoms with van der Waals surface area (Å²) in [5.74, 6) is -0.541. The predicted molar refractivity (Wildman–Crippen MR) is 152 cm³/mol. The number of piperazine rings is 1. The highest BCUT2D eigenvalue weighted by Gasteiger charge is 2.21. The quantitative estimate of drug-likeness (QED) is 0.244. The van der Waals surface area contributed by atoms with Crippen LogP contribution in [0.25, 0.3) is 11.0 Å². The minimum absolute atomic E-state index is 0.0964. The number of H-pyrrole nitrogens is 1. The lowest BCUT2D eigenvalue weighted by atomic mass is 10.1. The van der Waals surface area contributed by atoms with Crippen molar-refractivity contribution in [3.05, 3.63) is 59.0 Å². The maximum atomic E-state index is 14.5. The summed E-state index contributed by atoms with van der Waals surface area (Å²) in [4.78, 5) is 29.0. The van der Waals surface area contributed by atoms with Crippen LogP contribution < -0.4 is 26.0 Å². The Morgan fingerprint density at radius 3 is 2.56 bits per heavy atom. The van der Waals surface area contributed by atoms with Crippen LogP contribution in [0.3, 0.4) is 0 Å². The summed E-state index contributed by atoms with van der Waals surface area (Å²) in [5, 5.41) is 6.95. The molecule has 0 unspecified atom stereocenters. The highest BCUT2D eigenvalue weighted by Crippen LogP contribution is 2.34. The molecule has 0 atom stereocenters. The van der Waals surface area contributed by atoms with E-state index < -0.39 is 11.7 Å². The fraction of sp³-hybridized carbons (Fsp3) is 0.296. The van der Waals surface area contributed by atoms with Crippen LogP contribution in [-0.2, 0) is 0 Å². The Hall–Kier alpha value is -4.09. The Labute approximate surface area is 230 Å². The molecule has 39 heavy (non-hydrogen) atoms. The van der Waals surface area contributed by atoms with E-state index in [1.165, 1.54) is 6.07 Å². The van der Waals surface area contributed by atoms with Gasteiger partial charge >= 0.3 is 0 Å².